The number of hydrogen-bond acceptors (Lipinski definition) is 4. The molecule has 0 spiro atoms. The van der Waals surface area contributed by atoms with Crippen molar-refractivity contribution in [3.05, 3.63) is 16.1 Å². The first-order chi connectivity index (χ1) is 11.0. The van der Waals surface area contributed by atoms with Gasteiger partial charge in [0.2, 0.25) is 5.91 Å². The van der Waals surface area contributed by atoms with Crippen LogP contribution in [0.3, 0.4) is 0 Å². The first-order valence-corrected chi connectivity index (χ1v) is 9.11. The van der Waals surface area contributed by atoms with Crippen LogP contribution in [-0.2, 0) is 11.3 Å². The van der Waals surface area contributed by atoms with Gasteiger partial charge < -0.3 is 15.5 Å². The van der Waals surface area contributed by atoms with Crippen molar-refractivity contribution >= 4 is 47.2 Å². The summed E-state index contributed by atoms with van der Waals surface area (Å²) in [4.78, 5) is 24.1. The van der Waals surface area contributed by atoms with Gasteiger partial charge >= 0.3 is 0 Å². The predicted molar refractivity (Wildman–Crippen MR) is 110 cm³/mol. The van der Waals surface area contributed by atoms with Crippen LogP contribution in [0.1, 0.15) is 37.8 Å². The van der Waals surface area contributed by atoms with Gasteiger partial charge in [0.15, 0.2) is 5.96 Å². The molecule has 1 aliphatic heterocycles. The van der Waals surface area contributed by atoms with Gasteiger partial charge in [0.25, 0.3) is 0 Å². The first kappa shape index (κ1) is 21.1. The van der Waals surface area contributed by atoms with Crippen LogP contribution in [-0.4, -0.2) is 47.4 Å². The third kappa shape index (κ3) is 5.87. The van der Waals surface area contributed by atoms with Gasteiger partial charge in [-0.25, -0.2) is 9.98 Å². The maximum absolute atomic E-state index is 12.1. The minimum Gasteiger partial charge on any atom is -0.357 e. The van der Waals surface area contributed by atoms with Crippen molar-refractivity contribution < 1.29 is 4.79 Å². The van der Waals surface area contributed by atoms with Crippen LogP contribution >= 0.6 is 35.3 Å². The van der Waals surface area contributed by atoms with Gasteiger partial charge in [-0.2, -0.15) is 0 Å². The number of rotatable bonds is 5. The number of halogens is 1. The molecule has 1 unspecified atom stereocenters. The number of hydrogen-bond donors (Lipinski definition) is 2. The molecule has 1 fully saturated rings. The average Bonchev–Trinajstić information content (AvgIpc) is 3.13. The molecular formula is C16H28IN5OS. The van der Waals surface area contributed by atoms with E-state index in [-0.39, 0.29) is 41.8 Å². The molecule has 1 amide bonds. The highest BCUT2D eigenvalue weighted by Gasteiger charge is 2.27. The molecule has 1 saturated heterocycles. The standard InChI is InChI=1S/C16H27N5OS.HI/c1-5-17-16(18-8-14-12(4)19-10-23-14)20-13-6-7-21(9-13)15(22)11(2)3;/h10-11,13H,5-9H2,1-4H3,(H2,17,18,20);1H. The predicted octanol–water partition coefficient (Wildman–Crippen LogP) is 2.38. The minimum atomic E-state index is 0. The zero-order valence-electron chi connectivity index (χ0n) is 14.8. The highest BCUT2D eigenvalue weighted by Crippen LogP contribution is 2.14. The summed E-state index contributed by atoms with van der Waals surface area (Å²) in [7, 11) is 0. The second kappa shape index (κ2) is 10.2. The Morgan fingerprint density at radius 3 is 2.88 bits per heavy atom. The zero-order chi connectivity index (χ0) is 16.8. The molecule has 0 saturated carbocycles. The molecule has 2 rings (SSSR count). The fourth-order valence-electron chi connectivity index (χ4n) is 2.59. The molecule has 2 heterocycles. The lowest BCUT2D eigenvalue weighted by Gasteiger charge is -2.20. The molecule has 8 heteroatoms. The van der Waals surface area contributed by atoms with Gasteiger partial charge in [-0.15, -0.1) is 35.3 Å². The lowest BCUT2D eigenvalue weighted by Crippen LogP contribution is -2.45. The number of nitrogens with zero attached hydrogens (tertiary/aromatic N) is 3. The van der Waals surface area contributed by atoms with E-state index in [2.05, 4.69) is 27.5 Å². The number of carbonyl (C=O) groups excluding carboxylic acids is 1. The molecule has 136 valence electrons. The highest BCUT2D eigenvalue weighted by atomic mass is 127. The number of aromatic nitrogens is 1. The van der Waals surface area contributed by atoms with E-state index in [1.165, 1.54) is 4.88 Å². The van der Waals surface area contributed by atoms with Crippen molar-refractivity contribution in [2.75, 3.05) is 19.6 Å². The minimum absolute atomic E-state index is 0. The maximum Gasteiger partial charge on any atom is 0.225 e. The topological polar surface area (TPSA) is 69.6 Å². The zero-order valence-corrected chi connectivity index (χ0v) is 18.0. The monoisotopic (exact) mass is 465 g/mol. The molecule has 1 aliphatic rings. The summed E-state index contributed by atoms with van der Waals surface area (Å²) in [6.45, 7) is 11.0. The van der Waals surface area contributed by atoms with Crippen molar-refractivity contribution in [3.63, 3.8) is 0 Å². The van der Waals surface area contributed by atoms with Gasteiger partial charge in [0, 0.05) is 36.5 Å². The van der Waals surface area contributed by atoms with Crippen LogP contribution in [0.15, 0.2) is 10.5 Å². The number of aliphatic imine (C=N–C) groups is 1. The van der Waals surface area contributed by atoms with E-state index in [0.717, 1.165) is 37.7 Å². The molecule has 1 aromatic heterocycles. The summed E-state index contributed by atoms with van der Waals surface area (Å²) >= 11 is 1.63. The summed E-state index contributed by atoms with van der Waals surface area (Å²) in [5.74, 6) is 1.10. The lowest BCUT2D eigenvalue weighted by molar-refractivity contribution is -0.133. The summed E-state index contributed by atoms with van der Waals surface area (Å²) in [5.41, 5.74) is 2.90. The summed E-state index contributed by atoms with van der Waals surface area (Å²) in [6.07, 6.45) is 0.961. The highest BCUT2D eigenvalue weighted by molar-refractivity contribution is 14.0. The Morgan fingerprint density at radius 2 is 2.29 bits per heavy atom. The average molecular weight is 465 g/mol. The molecular weight excluding hydrogens is 437 g/mol. The molecule has 0 aromatic carbocycles. The van der Waals surface area contributed by atoms with E-state index >= 15 is 0 Å². The summed E-state index contributed by atoms with van der Waals surface area (Å²) in [6, 6.07) is 0.262. The fraction of sp³-hybridized carbons (Fsp3) is 0.688. The smallest absolute Gasteiger partial charge is 0.225 e. The Morgan fingerprint density at radius 1 is 1.54 bits per heavy atom. The van der Waals surface area contributed by atoms with Crippen LogP contribution in [0.4, 0.5) is 0 Å². The number of amides is 1. The Balaban J connectivity index is 0.00000288. The number of carbonyl (C=O) groups is 1. The number of thiazole rings is 1. The number of aryl methyl sites for hydroxylation is 1. The largest absolute Gasteiger partial charge is 0.357 e. The van der Waals surface area contributed by atoms with Crippen LogP contribution in [0, 0.1) is 12.8 Å². The third-order valence-electron chi connectivity index (χ3n) is 3.90. The Labute approximate surface area is 165 Å². The summed E-state index contributed by atoms with van der Waals surface area (Å²) in [5, 5.41) is 6.73. The second-order valence-electron chi connectivity index (χ2n) is 6.13. The third-order valence-corrected chi connectivity index (χ3v) is 4.82. The quantitative estimate of drug-likeness (QED) is 0.398. The Hall–Kier alpha value is -0.900. The molecule has 0 bridgehead atoms. The number of nitrogens with one attached hydrogen (secondary N) is 2. The lowest BCUT2D eigenvalue weighted by atomic mass is 10.2. The molecule has 1 aromatic rings. The van der Waals surface area contributed by atoms with Gasteiger partial charge in [-0.3, -0.25) is 4.79 Å². The van der Waals surface area contributed by atoms with Crippen LogP contribution in [0.2, 0.25) is 0 Å². The summed E-state index contributed by atoms with van der Waals surface area (Å²) < 4.78 is 0. The molecule has 1 atom stereocenters. The van der Waals surface area contributed by atoms with Gasteiger partial charge in [-0.05, 0) is 20.3 Å². The van der Waals surface area contributed by atoms with Crippen molar-refractivity contribution in [3.8, 4) is 0 Å². The van der Waals surface area contributed by atoms with Crippen molar-refractivity contribution in [1.29, 1.82) is 0 Å². The maximum atomic E-state index is 12.1. The van der Waals surface area contributed by atoms with E-state index in [9.17, 15) is 4.79 Å². The normalized spacial score (nSPS) is 17.8. The van der Waals surface area contributed by atoms with E-state index in [0.29, 0.717) is 6.54 Å². The number of likely N-dealkylation sites (tertiary alicyclic amines) is 1. The molecule has 2 N–H and O–H groups in total. The molecule has 24 heavy (non-hydrogen) atoms. The van der Waals surface area contributed by atoms with Crippen molar-refractivity contribution in [2.45, 2.75) is 46.7 Å². The van der Waals surface area contributed by atoms with Crippen LogP contribution in [0.25, 0.3) is 0 Å². The Kier molecular flexibility index (Phi) is 8.96. The fourth-order valence-corrected chi connectivity index (χ4v) is 3.29. The SMILES string of the molecule is CCNC(=NCc1scnc1C)NC1CCN(C(=O)C(C)C)C1.I. The van der Waals surface area contributed by atoms with E-state index in [1.807, 2.05) is 31.2 Å². The molecule has 0 aliphatic carbocycles. The van der Waals surface area contributed by atoms with E-state index in [4.69, 9.17) is 0 Å². The van der Waals surface area contributed by atoms with E-state index in [1.54, 1.807) is 11.3 Å². The van der Waals surface area contributed by atoms with Crippen LogP contribution in [0.5, 0.6) is 0 Å². The molecule has 6 nitrogen and oxygen atoms in total. The van der Waals surface area contributed by atoms with Crippen molar-refractivity contribution in [1.82, 2.24) is 20.5 Å². The van der Waals surface area contributed by atoms with E-state index < -0.39 is 0 Å². The van der Waals surface area contributed by atoms with Crippen molar-refractivity contribution in [2.24, 2.45) is 10.9 Å². The Bertz CT molecular complexity index is 560. The van der Waals surface area contributed by atoms with Gasteiger partial charge in [-0.1, -0.05) is 13.8 Å². The van der Waals surface area contributed by atoms with Crippen LogP contribution < -0.4 is 10.6 Å². The second-order valence-corrected chi connectivity index (χ2v) is 7.06. The van der Waals surface area contributed by atoms with Gasteiger partial charge in [0.05, 0.1) is 17.7 Å². The van der Waals surface area contributed by atoms with Gasteiger partial charge in [0.1, 0.15) is 0 Å². The number of guanidine groups is 1. The first-order valence-electron chi connectivity index (χ1n) is 8.23. The molecule has 0 radical (unpaired) electrons.